The van der Waals surface area contributed by atoms with Crippen LogP contribution in [0.2, 0.25) is 0 Å². The summed E-state index contributed by atoms with van der Waals surface area (Å²) in [6, 6.07) is 15.9. The number of nitrogens with one attached hydrogen (secondary N) is 3. The van der Waals surface area contributed by atoms with E-state index in [-0.39, 0.29) is 16.4 Å². The van der Waals surface area contributed by atoms with Gasteiger partial charge in [0.1, 0.15) is 5.82 Å². The number of aromatic amines is 1. The van der Waals surface area contributed by atoms with E-state index in [2.05, 4.69) is 15.0 Å². The zero-order valence-corrected chi connectivity index (χ0v) is 19.0. The summed E-state index contributed by atoms with van der Waals surface area (Å²) in [6.45, 7) is 3.44. The molecule has 0 spiro atoms. The molecule has 4 rings (SSSR count). The van der Waals surface area contributed by atoms with Crippen LogP contribution in [0.4, 0.5) is 10.1 Å². The molecule has 0 aliphatic carbocycles. The van der Waals surface area contributed by atoms with Crippen molar-refractivity contribution in [2.75, 3.05) is 11.0 Å². The van der Waals surface area contributed by atoms with Crippen molar-refractivity contribution in [3.8, 4) is 0 Å². The molecule has 0 aliphatic rings. The summed E-state index contributed by atoms with van der Waals surface area (Å²) in [6.07, 6.45) is 1.04. The summed E-state index contributed by atoms with van der Waals surface area (Å²) in [7, 11) is -3.47. The summed E-state index contributed by atoms with van der Waals surface area (Å²) < 4.78 is 40.3. The average molecular weight is 468 g/mol. The highest BCUT2D eigenvalue weighted by Crippen LogP contribution is 2.25. The maximum Gasteiger partial charge on any atom is 0.255 e. The van der Waals surface area contributed by atoms with Crippen molar-refractivity contribution in [2.45, 2.75) is 19.4 Å². The molecular formula is C24H22FN3O4S. The van der Waals surface area contributed by atoms with Gasteiger partial charge < -0.3 is 10.3 Å². The van der Waals surface area contributed by atoms with E-state index in [4.69, 9.17) is 0 Å². The van der Waals surface area contributed by atoms with Crippen molar-refractivity contribution in [2.24, 2.45) is 0 Å². The van der Waals surface area contributed by atoms with Crippen LogP contribution >= 0.6 is 0 Å². The maximum atomic E-state index is 14.9. The molecule has 4 aromatic rings. The number of halogens is 1. The van der Waals surface area contributed by atoms with Crippen LogP contribution in [-0.2, 0) is 15.6 Å². The Labute approximate surface area is 189 Å². The highest BCUT2D eigenvalue weighted by atomic mass is 32.2. The predicted molar refractivity (Wildman–Crippen MR) is 127 cm³/mol. The fourth-order valence-electron chi connectivity index (χ4n) is 3.73. The maximum absolute atomic E-state index is 14.9. The molecule has 9 heteroatoms. The highest BCUT2D eigenvalue weighted by Gasteiger charge is 2.26. The van der Waals surface area contributed by atoms with Crippen LogP contribution in [0, 0.1) is 5.82 Å². The van der Waals surface area contributed by atoms with Crippen LogP contribution in [-0.4, -0.2) is 25.6 Å². The summed E-state index contributed by atoms with van der Waals surface area (Å²) in [4.78, 5) is 28.8. The fourth-order valence-corrected chi connectivity index (χ4v) is 4.28. The second-order valence-corrected chi connectivity index (χ2v) is 10.2. The third kappa shape index (κ3) is 4.58. The van der Waals surface area contributed by atoms with Gasteiger partial charge in [-0.1, -0.05) is 24.3 Å². The molecule has 1 amide bonds. The molecule has 0 radical (unpaired) electrons. The van der Waals surface area contributed by atoms with E-state index >= 15 is 0 Å². The topological polar surface area (TPSA) is 108 Å². The molecule has 0 saturated carbocycles. The number of rotatable bonds is 5. The molecule has 0 fully saturated rings. The minimum absolute atomic E-state index is 0.154. The molecular weight excluding hydrogens is 445 g/mol. The molecule has 0 unspecified atom stereocenters. The lowest BCUT2D eigenvalue weighted by atomic mass is 9.93. The quantitative estimate of drug-likeness (QED) is 0.387. The van der Waals surface area contributed by atoms with E-state index in [9.17, 15) is 22.4 Å². The Hall–Kier alpha value is -3.72. The molecule has 0 saturated heterocycles. The van der Waals surface area contributed by atoms with Crippen LogP contribution in [0.25, 0.3) is 21.8 Å². The minimum Gasteiger partial charge on any atom is -0.354 e. The van der Waals surface area contributed by atoms with Gasteiger partial charge in [0.2, 0.25) is 10.0 Å². The van der Waals surface area contributed by atoms with E-state index in [1.807, 2.05) is 0 Å². The van der Waals surface area contributed by atoms with E-state index in [0.717, 1.165) is 12.3 Å². The average Bonchev–Trinajstić information content (AvgIpc) is 2.73. The van der Waals surface area contributed by atoms with Crippen LogP contribution in [0.1, 0.15) is 29.8 Å². The highest BCUT2D eigenvalue weighted by molar-refractivity contribution is 7.92. The zero-order valence-electron chi connectivity index (χ0n) is 18.2. The molecule has 3 aromatic carbocycles. The van der Waals surface area contributed by atoms with Gasteiger partial charge in [-0.3, -0.25) is 14.3 Å². The first-order valence-electron chi connectivity index (χ1n) is 10.1. The van der Waals surface area contributed by atoms with Crippen LogP contribution in [0.15, 0.2) is 65.5 Å². The third-order valence-electron chi connectivity index (χ3n) is 5.35. The van der Waals surface area contributed by atoms with Crippen molar-refractivity contribution < 1.29 is 17.6 Å². The first-order valence-corrected chi connectivity index (χ1v) is 12.0. The van der Waals surface area contributed by atoms with Gasteiger partial charge in [0.15, 0.2) is 5.43 Å². The smallest absolute Gasteiger partial charge is 0.255 e. The SMILES string of the molecule is CC(C)(NC(=O)c1cc2[nH]c3ccccc3c(=O)c2cc1F)c1cccc(NS(C)(=O)=O)c1. The number of carbonyl (C=O) groups excluding carboxylic acids is 1. The number of sulfonamides is 1. The van der Waals surface area contributed by atoms with Gasteiger partial charge in [-0.15, -0.1) is 0 Å². The molecule has 3 N–H and O–H groups in total. The third-order valence-corrected chi connectivity index (χ3v) is 5.96. The Bertz CT molecular complexity index is 1580. The van der Waals surface area contributed by atoms with Gasteiger partial charge in [-0.25, -0.2) is 12.8 Å². The molecule has 1 heterocycles. The number of amides is 1. The lowest BCUT2D eigenvalue weighted by molar-refractivity contribution is 0.0908. The summed E-state index contributed by atoms with van der Waals surface area (Å²) in [5.41, 5.74) is 0.409. The second kappa shape index (κ2) is 8.00. The normalized spacial score (nSPS) is 12.1. The lowest BCUT2D eigenvalue weighted by Gasteiger charge is -2.27. The fraction of sp³-hybridized carbons (Fsp3) is 0.167. The second-order valence-electron chi connectivity index (χ2n) is 8.41. The monoisotopic (exact) mass is 467 g/mol. The van der Waals surface area contributed by atoms with E-state index in [1.165, 1.54) is 6.07 Å². The van der Waals surface area contributed by atoms with E-state index in [1.54, 1.807) is 62.4 Å². The Kier molecular flexibility index (Phi) is 5.45. The molecule has 0 aliphatic heterocycles. The van der Waals surface area contributed by atoms with Crippen LogP contribution in [0.5, 0.6) is 0 Å². The number of fused-ring (bicyclic) bond motifs is 2. The molecule has 170 valence electrons. The van der Waals surface area contributed by atoms with Gasteiger partial charge in [0.05, 0.1) is 22.9 Å². The zero-order chi connectivity index (χ0) is 24.0. The van der Waals surface area contributed by atoms with Gasteiger partial charge >= 0.3 is 0 Å². The summed E-state index contributed by atoms with van der Waals surface area (Å²) in [5.74, 6) is -1.49. The number of carbonyl (C=O) groups is 1. The Morgan fingerprint density at radius 2 is 1.70 bits per heavy atom. The summed E-state index contributed by atoms with van der Waals surface area (Å²) in [5, 5.41) is 3.38. The molecule has 0 atom stereocenters. The number of hydrogen-bond acceptors (Lipinski definition) is 4. The van der Waals surface area contributed by atoms with Crippen LogP contribution < -0.4 is 15.5 Å². The number of anilines is 1. The van der Waals surface area contributed by atoms with Gasteiger partial charge in [0, 0.05) is 22.0 Å². The number of H-pyrrole nitrogens is 1. The standard InChI is InChI=1S/C24H22FN3O4S/c1-24(2,14-7-6-8-15(11-14)28-33(3,31)32)27-23(30)17-13-21-18(12-19(17)25)22(29)16-9-4-5-10-20(16)26-21/h4-13,28H,1-3H3,(H,26,29)(H,27,30). The largest absolute Gasteiger partial charge is 0.354 e. The lowest BCUT2D eigenvalue weighted by Crippen LogP contribution is -2.41. The van der Waals surface area contributed by atoms with Crippen molar-refractivity contribution in [3.63, 3.8) is 0 Å². The van der Waals surface area contributed by atoms with Crippen molar-refractivity contribution >= 4 is 43.4 Å². The Morgan fingerprint density at radius 1 is 0.970 bits per heavy atom. The van der Waals surface area contributed by atoms with Crippen LogP contribution in [0.3, 0.4) is 0 Å². The molecule has 33 heavy (non-hydrogen) atoms. The molecule has 0 bridgehead atoms. The van der Waals surface area contributed by atoms with Gasteiger partial charge in [-0.2, -0.15) is 0 Å². The van der Waals surface area contributed by atoms with Gasteiger partial charge in [0.25, 0.3) is 5.91 Å². The molecule has 7 nitrogen and oxygen atoms in total. The van der Waals surface area contributed by atoms with Crippen molar-refractivity contribution in [1.82, 2.24) is 10.3 Å². The number of para-hydroxylation sites is 1. The van der Waals surface area contributed by atoms with E-state index < -0.39 is 27.3 Å². The number of aromatic nitrogens is 1. The van der Waals surface area contributed by atoms with Crippen molar-refractivity contribution in [1.29, 1.82) is 0 Å². The first-order chi connectivity index (χ1) is 15.4. The minimum atomic E-state index is -3.47. The summed E-state index contributed by atoms with van der Waals surface area (Å²) >= 11 is 0. The first kappa shape index (κ1) is 22.5. The number of hydrogen-bond donors (Lipinski definition) is 3. The van der Waals surface area contributed by atoms with E-state index in [0.29, 0.717) is 27.7 Å². The number of benzene rings is 3. The predicted octanol–water partition coefficient (Wildman–Crippen LogP) is 3.86. The molecule has 1 aromatic heterocycles. The Morgan fingerprint density at radius 3 is 2.42 bits per heavy atom. The Balaban J connectivity index is 1.70. The number of pyridine rings is 1. The van der Waals surface area contributed by atoms with Gasteiger partial charge in [-0.05, 0) is 55.8 Å². The van der Waals surface area contributed by atoms with Crippen molar-refractivity contribution in [3.05, 3.63) is 87.8 Å².